The maximum absolute atomic E-state index is 12.5. The summed E-state index contributed by atoms with van der Waals surface area (Å²) in [6.07, 6.45) is 1.71. The van der Waals surface area contributed by atoms with Crippen LogP contribution in [-0.2, 0) is 20.6 Å². The first-order valence-corrected chi connectivity index (χ1v) is 11.6. The van der Waals surface area contributed by atoms with E-state index in [0.29, 0.717) is 0 Å². The summed E-state index contributed by atoms with van der Waals surface area (Å²) in [6, 6.07) is 2.66. The lowest BCUT2D eigenvalue weighted by Gasteiger charge is -2.18. The quantitative estimate of drug-likeness (QED) is 0.518. The molecule has 9 nitrogen and oxygen atoms in total. The molecule has 3 N–H and O–H groups in total. The number of thiazole rings is 1. The molecular weight excluding hydrogens is 476 g/mol. The van der Waals surface area contributed by atoms with Crippen molar-refractivity contribution in [1.82, 2.24) is 4.57 Å². The van der Waals surface area contributed by atoms with Crippen molar-refractivity contribution < 1.29 is 28.5 Å². The molecule has 0 aliphatic carbocycles. The van der Waals surface area contributed by atoms with E-state index in [1.54, 1.807) is 5.38 Å². The molecule has 2 rings (SSSR count). The van der Waals surface area contributed by atoms with Crippen LogP contribution < -0.4 is 10.1 Å². The van der Waals surface area contributed by atoms with Crippen LogP contribution in [0.15, 0.2) is 28.7 Å². The van der Waals surface area contributed by atoms with Crippen LogP contribution >= 0.6 is 42.4 Å². The van der Waals surface area contributed by atoms with Crippen molar-refractivity contribution in [3.05, 3.63) is 44.1 Å². The predicted molar refractivity (Wildman–Crippen MR) is 114 cm³/mol. The van der Waals surface area contributed by atoms with Crippen LogP contribution in [0.3, 0.4) is 0 Å². The number of hydrogen-bond acceptors (Lipinski definition) is 5. The first-order chi connectivity index (χ1) is 13.7. The third kappa shape index (κ3) is 7.63. The summed E-state index contributed by atoms with van der Waals surface area (Å²) in [5.41, 5.74) is 0.0530. The molecule has 0 unspecified atom stereocenters. The van der Waals surface area contributed by atoms with Crippen molar-refractivity contribution in [3.63, 3.8) is 0 Å². The van der Waals surface area contributed by atoms with Crippen molar-refractivity contribution in [2.24, 2.45) is 10.4 Å². The Morgan fingerprint density at radius 2 is 1.87 bits per heavy atom. The molecule has 0 radical (unpaired) electrons. The third-order valence-electron chi connectivity index (χ3n) is 3.47. The molecule has 0 aliphatic heterocycles. The summed E-state index contributed by atoms with van der Waals surface area (Å²) in [7, 11) is -4.67. The summed E-state index contributed by atoms with van der Waals surface area (Å²) in [5.74, 6) is -0.946. The van der Waals surface area contributed by atoms with Gasteiger partial charge in [0, 0.05) is 23.6 Å². The number of aromatic nitrogens is 1. The Bertz CT molecular complexity index is 1050. The van der Waals surface area contributed by atoms with E-state index in [1.807, 2.05) is 20.8 Å². The van der Waals surface area contributed by atoms with Crippen LogP contribution in [0.2, 0.25) is 10.0 Å². The molecule has 0 saturated heterocycles. The highest BCUT2D eigenvalue weighted by molar-refractivity contribution is 7.46. The fourth-order valence-electron chi connectivity index (χ4n) is 2.26. The van der Waals surface area contributed by atoms with Gasteiger partial charge in [-0.25, -0.2) is 4.57 Å². The molecule has 0 aliphatic rings. The number of halogens is 2. The smallest absolute Gasteiger partial charge is 0.324 e. The average Bonchev–Trinajstić information content (AvgIpc) is 3.01. The number of rotatable bonds is 6. The van der Waals surface area contributed by atoms with E-state index in [0.717, 1.165) is 11.3 Å². The summed E-state index contributed by atoms with van der Waals surface area (Å²) >= 11 is 13.5. The number of amides is 2. The minimum atomic E-state index is -4.67. The van der Waals surface area contributed by atoms with Gasteiger partial charge in [0.25, 0.3) is 5.91 Å². The molecule has 1 aromatic heterocycles. The number of carbonyl (C=O) groups excluding carboxylic acids is 2. The molecule has 2 amide bonds. The zero-order valence-corrected chi connectivity index (χ0v) is 19.5. The van der Waals surface area contributed by atoms with E-state index in [1.165, 1.54) is 22.9 Å². The Balaban J connectivity index is 2.24. The Kier molecular flexibility index (Phi) is 8.03. The van der Waals surface area contributed by atoms with Crippen LogP contribution in [0.25, 0.3) is 0 Å². The second kappa shape index (κ2) is 9.74. The van der Waals surface area contributed by atoms with Crippen molar-refractivity contribution in [1.29, 1.82) is 0 Å². The van der Waals surface area contributed by atoms with Gasteiger partial charge in [-0.3, -0.25) is 18.7 Å². The highest BCUT2D eigenvalue weighted by Gasteiger charge is 2.19. The van der Waals surface area contributed by atoms with Crippen LogP contribution in [0.1, 0.15) is 37.6 Å². The fraction of sp³-hybridized carbons (Fsp3) is 0.353. The molecule has 0 atom stereocenters. The number of phosphoric ester groups is 1. The van der Waals surface area contributed by atoms with E-state index < -0.39 is 20.5 Å². The standard InChI is InChI=1S/C17H20Cl2N3O6PS/c1-17(2,3)8-13(23)20-14-11(18)6-10(7-12(14)19)15(24)21-16-22(4-5-30-16)9-28-29(25,26)27/h4-7H,8-9H2,1-3H3,(H,20,23)(H2,25,26,27)/b21-16-. The number of anilines is 1. The van der Waals surface area contributed by atoms with Crippen LogP contribution in [0.4, 0.5) is 5.69 Å². The Morgan fingerprint density at radius 3 is 2.40 bits per heavy atom. The van der Waals surface area contributed by atoms with Crippen LogP contribution in [0.5, 0.6) is 0 Å². The maximum Gasteiger partial charge on any atom is 0.471 e. The van der Waals surface area contributed by atoms with Gasteiger partial charge in [-0.2, -0.15) is 4.99 Å². The zero-order valence-electron chi connectivity index (χ0n) is 16.3. The number of phosphoric acid groups is 1. The molecule has 13 heteroatoms. The van der Waals surface area contributed by atoms with Gasteiger partial charge in [-0.15, -0.1) is 11.3 Å². The van der Waals surface area contributed by atoms with Crippen LogP contribution in [0, 0.1) is 5.41 Å². The minimum Gasteiger partial charge on any atom is -0.324 e. The molecule has 0 spiro atoms. The number of nitrogens with zero attached hydrogens (tertiary/aromatic N) is 2. The van der Waals surface area contributed by atoms with Gasteiger partial charge in [-0.1, -0.05) is 44.0 Å². The molecule has 1 heterocycles. The van der Waals surface area contributed by atoms with E-state index in [9.17, 15) is 14.2 Å². The summed E-state index contributed by atoms with van der Waals surface area (Å²) in [4.78, 5) is 46.3. The Morgan fingerprint density at radius 1 is 1.27 bits per heavy atom. The molecule has 1 aromatic carbocycles. The first kappa shape index (κ1) is 24.7. The molecular formula is C17H20Cl2N3O6PS. The second-order valence-electron chi connectivity index (χ2n) is 7.42. The van der Waals surface area contributed by atoms with Gasteiger partial charge in [0.2, 0.25) is 5.91 Å². The van der Waals surface area contributed by atoms with Gasteiger partial charge in [0.05, 0.1) is 15.7 Å². The van der Waals surface area contributed by atoms with E-state index >= 15 is 0 Å². The Hall–Kier alpha value is -1.52. The number of carbonyl (C=O) groups is 2. The molecule has 164 valence electrons. The lowest BCUT2D eigenvalue weighted by molar-refractivity contribution is -0.117. The predicted octanol–water partition coefficient (Wildman–Crippen LogP) is 4.04. The Labute approximate surface area is 186 Å². The van der Waals surface area contributed by atoms with Crippen LogP contribution in [-0.4, -0.2) is 26.2 Å². The normalized spacial score (nSPS) is 12.8. The molecule has 2 aromatic rings. The summed E-state index contributed by atoms with van der Waals surface area (Å²) in [5, 5.41) is 4.37. The largest absolute Gasteiger partial charge is 0.471 e. The number of nitrogens with one attached hydrogen (secondary N) is 1. The van der Waals surface area contributed by atoms with Crippen molar-refractivity contribution in [2.75, 3.05) is 5.32 Å². The molecule has 0 saturated carbocycles. The molecule has 30 heavy (non-hydrogen) atoms. The van der Waals surface area contributed by atoms with Crippen molar-refractivity contribution >= 4 is 59.9 Å². The monoisotopic (exact) mass is 495 g/mol. The minimum absolute atomic E-state index is 0.0761. The van der Waals surface area contributed by atoms with Gasteiger partial charge in [0.1, 0.15) is 6.73 Å². The van der Waals surface area contributed by atoms with Crippen molar-refractivity contribution in [2.45, 2.75) is 33.9 Å². The van der Waals surface area contributed by atoms with E-state index in [-0.39, 0.29) is 43.8 Å². The fourth-order valence-corrected chi connectivity index (χ4v) is 3.83. The molecule has 0 bridgehead atoms. The maximum atomic E-state index is 12.5. The van der Waals surface area contributed by atoms with Gasteiger partial charge in [0.15, 0.2) is 4.80 Å². The third-order valence-corrected chi connectivity index (χ3v) is 5.31. The summed E-state index contributed by atoms with van der Waals surface area (Å²) in [6.45, 7) is 5.27. The zero-order chi connectivity index (χ0) is 22.7. The highest BCUT2D eigenvalue weighted by atomic mass is 35.5. The van der Waals surface area contributed by atoms with E-state index in [2.05, 4.69) is 14.8 Å². The number of hydrogen-bond donors (Lipinski definition) is 3. The first-order valence-electron chi connectivity index (χ1n) is 8.47. The van der Waals surface area contributed by atoms with E-state index in [4.69, 9.17) is 33.0 Å². The number of benzene rings is 1. The highest BCUT2D eigenvalue weighted by Crippen LogP contribution is 2.36. The lowest BCUT2D eigenvalue weighted by Crippen LogP contribution is -2.20. The lowest BCUT2D eigenvalue weighted by atomic mass is 9.92. The van der Waals surface area contributed by atoms with Gasteiger partial charge >= 0.3 is 7.82 Å². The summed E-state index contributed by atoms with van der Waals surface area (Å²) < 4.78 is 16.5. The average molecular weight is 496 g/mol. The molecule has 0 fully saturated rings. The topological polar surface area (TPSA) is 130 Å². The SMILES string of the molecule is CC(C)(C)CC(=O)Nc1c(Cl)cc(C(=O)/N=c2\sccn2COP(=O)(O)O)cc1Cl. The second-order valence-corrected chi connectivity index (χ2v) is 10.3. The van der Waals surface area contributed by atoms with Gasteiger partial charge in [-0.05, 0) is 17.5 Å². The van der Waals surface area contributed by atoms with Gasteiger partial charge < -0.3 is 15.1 Å². The van der Waals surface area contributed by atoms with Crippen molar-refractivity contribution in [3.8, 4) is 0 Å².